The summed E-state index contributed by atoms with van der Waals surface area (Å²) in [5.41, 5.74) is 1.27. The summed E-state index contributed by atoms with van der Waals surface area (Å²) in [5, 5.41) is 13.0. The van der Waals surface area contributed by atoms with Crippen LogP contribution in [0, 0.1) is 12.7 Å². The van der Waals surface area contributed by atoms with E-state index < -0.39 is 5.82 Å². The van der Waals surface area contributed by atoms with Crippen molar-refractivity contribution < 1.29 is 14.2 Å². The van der Waals surface area contributed by atoms with Crippen molar-refractivity contribution >= 4 is 0 Å². The summed E-state index contributed by atoms with van der Waals surface area (Å²) in [6.07, 6.45) is 0. The number of aromatic hydroxyl groups is 1. The minimum absolute atomic E-state index is 0.219. The Hall–Kier alpha value is -1.33. The quantitative estimate of drug-likeness (QED) is 0.852. The number of rotatable bonds is 3. The van der Waals surface area contributed by atoms with Gasteiger partial charge < -0.3 is 15.2 Å². The van der Waals surface area contributed by atoms with Crippen molar-refractivity contribution in [2.75, 3.05) is 33.3 Å². The van der Waals surface area contributed by atoms with E-state index in [1.807, 2.05) is 0 Å². The summed E-state index contributed by atoms with van der Waals surface area (Å²) in [7, 11) is 1.43. The number of methoxy groups -OCH3 is 1. The Balaban J connectivity index is 2.22. The van der Waals surface area contributed by atoms with E-state index in [9.17, 15) is 9.50 Å². The van der Waals surface area contributed by atoms with Crippen molar-refractivity contribution in [2.45, 2.75) is 13.5 Å². The van der Waals surface area contributed by atoms with E-state index in [-0.39, 0.29) is 11.5 Å². The first kappa shape index (κ1) is 13.1. The molecule has 1 aliphatic rings. The Morgan fingerprint density at radius 2 is 2.11 bits per heavy atom. The lowest BCUT2D eigenvalue weighted by Gasteiger charge is -2.27. The fraction of sp³-hybridized carbons (Fsp3) is 0.538. The molecule has 1 fully saturated rings. The van der Waals surface area contributed by atoms with Gasteiger partial charge in [-0.05, 0) is 18.6 Å². The highest BCUT2D eigenvalue weighted by molar-refractivity contribution is 5.49. The minimum atomic E-state index is -0.573. The van der Waals surface area contributed by atoms with Crippen LogP contribution in [0.1, 0.15) is 11.1 Å². The van der Waals surface area contributed by atoms with E-state index in [2.05, 4.69) is 10.2 Å². The predicted octanol–water partition coefficient (Wildman–Crippen LogP) is 1.25. The standard InChI is InChI=1S/C13H19FN2O2/c1-9-7-10(8-16-5-3-15-4-6-16)11(14)12(17)13(9)18-2/h7,15,17H,3-6,8H2,1-2H3. The number of benzene rings is 1. The van der Waals surface area contributed by atoms with Crippen molar-refractivity contribution in [3.63, 3.8) is 0 Å². The van der Waals surface area contributed by atoms with Gasteiger partial charge in [-0.15, -0.1) is 0 Å². The minimum Gasteiger partial charge on any atom is -0.502 e. The van der Waals surface area contributed by atoms with Crippen LogP contribution < -0.4 is 10.1 Å². The molecule has 0 aliphatic carbocycles. The van der Waals surface area contributed by atoms with E-state index >= 15 is 0 Å². The number of phenols is 1. The second kappa shape index (κ2) is 5.54. The maximum atomic E-state index is 14.0. The van der Waals surface area contributed by atoms with Crippen LogP contribution in [0.15, 0.2) is 6.07 Å². The lowest BCUT2D eigenvalue weighted by molar-refractivity contribution is 0.229. The number of phenolic OH excluding ortho intramolecular Hbond substituents is 1. The highest BCUT2D eigenvalue weighted by Gasteiger charge is 2.19. The number of nitrogens with zero attached hydrogens (tertiary/aromatic N) is 1. The molecular weight excluding hydrogens is 235 g/mol. The fourth-order valence-corrected chi connectivity index (χ4v) is 2.31. The summed E-state index contributed by atoms with van der Waals surface area (Å²) in [4.78, 5) is 2.17. The topological polar surface area (TPSA) is 44.7 Å². The molecule has 0 saturated carbocycles. The van der Waals surface area contributed by atoms with Gasteiger partial charge in [-0.25, -0.2) is 4.39 Å². The number of aryl methyl sites for hydroxylation is 1. The van der Waals surface area contributed by atoms with Gasteiger partial charge in [0, 0.05) is 38.3 Å². The van der Waals surface area contributed by atoms with Crippen molar-refractivity contribution in [3.8, 4) is 11.5 Å². The molecule has 1 saturated heterocycles. The average molecular weight is 254 g/mol. The number of piperazine rings is 1. The van der Waals surface area contributed by atoms with Crippen LogP contribution in [-0.2, 0) is 6.54 Å². The van der Waals surface area contributed by atoms with Gasteiger partial charge in [-0.2, -0.15) is 0 Å². The van der Waals surface area contributed by atoms with Gasteiger partial charge in [0.05, 0.1) is 7.11 Å². The third-order valence-corrected chi connectivity index (χ3v) is 3.26. The maximum absolute atomic E-state index is 14.0. The Kier molecular flexibility index (Phi) is 4.04. The van der Waals surface area contributed by atoms with E-state index in [0.717, 1.165) is 31.7 Å². The van der Waals surface area contributed by atoms with Gasteiger partial charge >= 0.3 is 0 Å². The predicted molar refractivity (Wildman–Crippen MR) is 67.5 cm³/mol. The molecule has 1 aliphatic heterocycles. The second-order valence-electron chi connectivity index (χ2n) is 4.57. The molecule has 5 heteroatoms. The summed E-state index contributed by atoms with van der Waals surface area (Å²) >= 11 is 0. The maximum Gasteiger partial charge on any atom is 0.194 e. The van der Waals surface area contributed by atoms with Crippen molar-refractivity contribution in [2.24, 2.45) is 0 Å². The molecule has 0 unspecified atom stereocenters. The molecule has 1 aromatic carbocycles. The zero-order valence-corrected chi connectivity index (χ0v) is 10.8. The normalized spacial score (nSPS) is 16.8. The van der Waals surface area contributed by atoms with Gasteiger partial charge in [0.25, 0.3) is 0 Å². The van der Waals surface area contributed by atoms with Gasteiger partial charge in [-0.3, -0.25) is 4.90 Å². The zero-order chi connectivity index (χ0) is 13.1. The molecule has 2 rings (SSSR count). The molecule has 0 aromatic heterocycles. The lowest BCUT2D eigenvalue weighted by Crippen LogP contribution is -2.43. The zero-order valence-electron chi connectivity index (χ0n) is 10.8. The molecule has 1 heterocycles. The van der Waals surface area contributed by atoms with E-state index in [1.165, 1.54) is 7.11 Å². The second-order valence-corrected chi connectivity index (χ2v) is 4.57. The van der Waals surface area contributed by atoms with Gasteiger partial charge in [0.15, 0.2) is 17.3 Å². The van der Waals surface area contributed by atoms with Crippen LogP contribution in [-0.4, -0.2) is 43.3 Å². The average Bonchev–Trinajstić information content (AvgIpc) is 2.37. The number of halogens is 1. The van der Waals surface area contributed by atoms with Crippen LogP contribution >= 0.6 is 0 Å². The number of hydrogen-bond acceptors (Lipinski definition) is 4. The molecule has 18 heavy (non-hydrogen) atoms. The number of hydrogen-bond donors (Lipinski definition) is 2. The van der Waals surface area contributed by atoms with E-state index in [4.69, 9.17) is 4.74 Å². The van der Waals surface area contributed by atoms with Crippen molar-refractivity contribution in [3.05, 3.63) is 23.0 Å². The van der Waals surface area contributed by atoms with E-state index in [0.29, 0.717) is 12.1 Å². The molecule has 4 nitrogen and oxygen atoms in total. The molecule has 100 valence electrons. The smallest absolute Gasteiger partial charge is 0.194 e. The van der Waals surface area contributed by atoms with E-state index in [1.54, 1.807) is 13.0 Å². The van der Waals surface area contributed by atoms with Crippen LogP contribution in [0.2, 0.25) is 0 Å². The molecule has 0 bridgehead atoms. The molecule has 0 atom stereocenters. The van der Waals surface area contributed by atoms with Crippen LogP contribution in [0.4, 0.5) is 4.39 Å². The van der Waals surface area contributed by atoms with Crippen molar-refractivity contribution in [1.29, 1.82) is 0 Å². The van der Waals surface area contributed by atoms with Crippen LogP contribution in [0.25, 0.3) is 0 Å². The fourth-order valence-electron chi connectivity index (χ4n) is 2.31. The molecule has 0 spiro atoms. The van der Waals surface area contributed by atoms with Crippen LogP contribution in [0.3, 0.4) is 0 Å². The molecular formula is C13H19FN2O2. The summed E-state index contributed by atoms with van der Waals surface area (Å²) in [6.45, 7) is 5.95. The number of nitrogens with one attached hydrogen (secondary N) is 1. The number of ether oxygens (including phenoxy) is 1. The molecule has 1 aromatic rings. The SMILES string of the molecule is COc1c(C)cc(CN2CCNCC2)c(F)c1O. The largest absolute Gasteiger partial charge is 0.502 e. The first-order valence-electron chi connectivity index (χ1n) is 6.11. The monoisotopic (exact) mass is 254 g/mol. The molecule has 2 N–H and O–H groups in total. The third-order valence-electron chi connectivity index (χ3n) is 3.26. The Bertz CT molecular complexity index is 431. The summed E-state index contributed by atoms with van der Waals surface area (Å²) in [5.74, 6) is -0.741. The highest BCUT2D eigenvalue weighted by atomic mass is 19.1. The Morgan fingerprint density at radius 3 is 2.72 bits per heavy atom. The highest BCUT2D eigenvalue weighted by Crippen LogP contribution is 2.34. The van der Waals surface area contributed by atoms with Gasteiger partial charge in [0.1, 0.15) is 0 Å². The Morgan fingerprint density at radius 1 is 1.44 bits per heavy atom. The molecule has 0 radical (unpaired) electrons. The lowest BCUT2D eigenvalue weighted by atomic mass is 10.1. The summed E-state index contributed by atoms with van der Waals surface area (Å²) in [6, 6.07) is 1.75. The third kappa shape index (κ3) is 2.57. The first-order chi connectivity index (χ1) is 8.63. The van der Waals surface area contributed by atoms with Gasteiger partial charge in [-0.1, -0.05) is 0 Å². The molecule has 0 amide bonds. The Labute approximate surface area is 106 Å². The van der Waals surface area contributed by atoms with Gasteiger partial charge in [0.2, 0.25) is 0 Å². The first-order valence-corrected chi connectivity index (χ1v) is 6.11. The van der Waals surface area contributed by atoms with Crippen molar-refractivity contribution in [1.82, 2.24) is 10.2 Å². The summed E-state index contributed by atoms with van der Waals surface area (Å²) < 4.78 is 19.0. The van der Waals surface area contributed by atoms with Crippen LogP contribution in [0.5, 0.6) is 11.5 Å².